The van der Waals surface area contributed by atoms with Gasteiger partial charge in [0.2, 0.25) is 11.1 Å². The number of nitrogens with zero attached hydrogens (tertiary/aromatic N) is 2. The highest BCUT2D eigenvalue weighted by Crippen LogP contribution is 2.60. The highest BCUT2D eigenvalue weighted by Gasteiger charge is 2.50. The smallest absolute Gasteiger partial charge is 0.214 e. The zero-order valence-corrected chi connectivity index (χ0v) is 27.2. The van der Waals surface area contributed by atoms with Gasteiger partial charge in [0, 0.05) is 47.9 Å². The lowest BCUT2D eigenvalue weighted by Gasteiger charge is -2.49. The molecule has 2 aromatic carbocycles. The number of aliphatic hydroxyl groups excluding tert-OH is 1. The summed E-state index contributed by atoms with van der Waals surface area (Å²) in [6, 6.07) is 0. The van der Waals surface area contributed by atoms with Gasteiger partial charge < -0.3 is 30.4 Å². The summed E-state index contributed by atoms with van der Waals surface area (Å²) >= 11 is 0. The fourth-order valence-electron chi connectivity index (χ4n) is 8.79. The topological polar surface area (TPSA) is 124 Å². The average molecular weight is 602 g/mol. The van der Waals surface area contributed by atoms with Crippen LogP contribution in [0.2, 0.25) is 0 Å². The Kier molecular flexibility index (Phi) is 5.63. The number of ketones is 1. The van der Waals surface area contributed by atoms with Crippen molar-refractivity contribution < 1.29 is 30.3 Å². The molecule has 0 unspecified atom stereocenters. The minimum absolute atomic E-state index is 0.0694. The molecule has 0 amide bonds. The zero-order valence-electron chi connectivity index (χ0n) is 27.2. The third kappa shape index (κ3) is 3.45. The molecule has 5 N–H and O–H groups in total. The number of carbonyl (C=O) groups is 1. The summed E-state index contributed by atoms with van der Waals surface area (Å²) in [5.74, 6) is -1.87. The Morgan fingerprint density at radius 3 is 1.45 bits per heavy atom. The van der Waals surface area contributed by atoms with Crippen LogP contribution in [-0.2, 0) is 26.5 Å². The number of carbonyl (C=O) groups excluding carboxylic acids is 1. The number of hydrogen-bond donors (Lipinski definition) is 5. The van der Waals surface area contributed by atoms with Gasteiger partial charge in [0.25, 0.3) is 0 Å². The van der Waals surface area contributed by atoms with Gasteiger partial charge in [-0.25, -0.2) is 4.58 Å². The van der Waals surface area contributed by atoms with Crippen molar-refractivity contribution in [2.24, 2.45) is 0 Å². The highest BCUT2D eigenvalue weighted by atomic mass is 16.3. The lowest BCUT2D eigenvalue weighted by Crippen LogP contribution is -2.53. The van der Waals surface area contributed by atoms with E-state index in [1.807, 2.05) is 0 Å². The van der Waals surface area contributed by atoms with Crippen LogP contribution in [0, 0.1) is 0 Å². The molecule has 5 aliphatic rings. The van der Waals surface area contributed by atoms with Crippen molar-refractivity contribution in [3.63, 3.8) is 0 Å². The number of phenolic OH excluding ortho intramolecular Hbond substituents is 4. The van der Waals surface area contributed by atoms with Gasteiger partial charge >= 0.3 is 0 Å². The summed E-state index contributed by atoms with van der Waals surface area (Å²) in [7, 11) is 0. The molecular formula is C36H45N2O6+. The van der Waals surface area contributed by atoms with E-state index in [9.17, 15) is 30.3 Å². The second-order valence-electron chi connectivity index (χ2n) is 16.3. The van der Waals surface area contributed by atoms with Gasteiger partial charge in [0.05, 0.1) is 38.7 Å². The van der Waals surface area contributed by atoms with Crippen LogP contribution in [0.25, 0.3) is 11.1 Å². The van der Waals surface area contributed by atoms with Gasteiger partial charge in [-0.2, -0.15) is 0 Å². The molecule has 8 nitrogen and oxygen atoms in total. The first-order valence-corrected chi connectivity index (χ1v) is 15.9. The predicted molar refractivity (Wildman–Crippen MR) is 171 cm³/mol. The Bertz CT molecular complexity index is 1790. The van der Waals surface area contributed by atoms with E-state index in [4.69, 9.17) is 0 Å². The van der Waals surface area contributed by atoms with Crippen LogP contribution in [-0.4, -0.2) is 57.5 Å². The molecule has 44 heavy (non-hydrogen) atoms. The number of aliphatic hydroxyl groups is 1. The van der Waals surface area contributed by atoms with E-state index in [-0.39, 0.29) is 44.9 Å². The van der Waals surface area contributed by atoms with E-state index in [2.05, 4.69) is 64.9 Å². The molecule has 0 bridgehead atoms. The van der Waals surface area contributed by atoms with Crippen LogP contribution in [0.3, 0.4) is 0 Å². The van der Waals surface area contributed by atoms with Crippen molar-refractivity contribution >= 4 is 22.6 Å². The number of phenols is 4. The normalized spacial score (nSPS) is 23.7. The molecule has 2 aromatic rings. The van der Waals surface area contributed by atoms with Gasteiger partial charge in [-0.1, -0.05) is 55.4 Å². The van der Waals surface area contributed by atoms with Crippen molar-refractivity contribution in [3.8, 4) is 23.0 Å². The first kappa shape index (κ1) is 29.1. The second-order valence-corrected chi connectivity index (χ2v) is 16.3. The molecule has 0 fully saturated rings. The number of allylic oxidation sites excluding steroid dienone is 2. The van der Waals surface area contributed by atoms with Crippen molar-refractivity contribution in [1.82, 2.24) is 4.58 Å². The van der Waals surface area contributed by atoms with Gasteiger partial charge in [0.15, 0.2) is 0 Å². The molecule has 0 aromatic heterocycles. The molecule has 0 saturated carbocycles. The maximum atomic E-state index is 14.2. The molecule has 0 atom stereocenters. The van der Waals surface area contributed by atoms with Crippen LogP contribution in [0.15, 0.2) is 5.76 Å². The average Bonchev–Trinajstić information content (AvgIpc) is 2.90. The Labute approximate surface area is 258 Å². The monoisotopic (exact) mass is 601 g/mol. The number of anilines is 1. The first-order valence-electron chi connectivity index (χ1n) is 15.9. The lowest BCUT2D eigenvalue weighted by atomic mass is 9.66. The Hall–Kier alpha value is -3.68. The number of rotatable bonds is 1. The maximum Gasteiger partial charge on any atom is 0.214 e. The van der Waals surface area contributed by atoms with Gasteiger partial charge in [-0.15, -0.1) is 0 Å². The Morgan fingerprint density at radius 1 is 0.591 bits per heavy atom. The van der Waals surface area contributed by atoms with Gasteiger partial charge in [-0.3, -0.25) is 4.79 Å². The van der Waals surface area contributed by atoms with Gasteiger partial charge in [0.1, 0.15) is 41.8 Å². The summed E-state index contributed by atoms with van der Waals surface area (Å²) in [6.07, 6.45) is 3.15. The lowest BCUT2D eigenvalue weighted by molar-refractivity contribution is -0.110. The van der Waals surface area contributed by atoms with Crippen molar-refractivity contribution in [2.45, 2.75) is 103 Å². The molecule has 8 heteroatoms. The third-order valence-electron chi connectivity index (χ3n) is 11.6. The molecule has 4 aliphatic heterocycles. The van der Waals surface area contributed by atoms with Crippen molar-refractivity contribution in [2.75, 3.05) is 31.1 Å². The number of aromatic hydroxyl groups is 4. The molecule has 1 aliphatic carbocycles. The summed E-state index contributed by atoms with van der Waals surface area (Å²) in [6.45, 7) is 19.6. The zero-order chi connectivity index (χ0) is 32.0. The van der Waals surface area contributed by atoms with Crippen LogP contribution in [0.4, 0.5) is 5.69 Å². The van der Waals surface area contributed by atoms with E-state index >= 15 is 0 Å². The summed E-state index contributed by atoms with van der Waals surface area (Å²) in [4.78, 5) is 16.4. The highest BCUT2D eigenvalue weighted by molar-refractivity contribution is 6.52. The third-order valence-corrected chi connectivity index (χ3v) is 11.6. The van der Waals surface area contributed by atoms with E-state index in [1.165, 1.54) is 0 Å². The second kappa shape index (κ2) is 8.52. The minimum Gasteiger partial charge on any atom is -0.507 e. The van der Waals surface area contributed by atoms with Gasteiger partial charge in [-0.05, 0) is 23.7 Å². The molecule has 7 rings (SSSR count). The van der Waals surface area contributed by atoms with E-state index in [0.717, 1.165) is 62.9 Å². The molecule has 4 heterocycles. The first-order chi connectivity index (χ1) is 20.3. The van der Waals surface area contributed by atoms with E-state index in [1.54, 1.807) is 0 Å². The number of Topliss-reactive ketones (excluding diaryl/α,β-unsaturated/α-hetero) is 1. The number of hydrogen-bond acceptors (Lipinski definition) is 7. The molecule has 0 radical (unpaired) electrons. The Balaban J connectivity index is 1.58. The SMILES string of the molecule is CC1(C)CCN2CCC(C)(C)c3c(O)c(C4=C(O)C(=c5c(O)c6c7c(c5O)C(C)(C)CC[N+]=7CCC6(C)C)C4=O)c(O)c1c32. The quantitative estimate of drug-likeness (QED) is 0.310. The van der Waals surface area contributed by atoms with Crippen LogP contribution in [0.5, 0.6) is 23.0 Å². The fraction of sp³-hybridized carbons (Fsp3) is 0.556. The van der Waals surface area contributed by atoms with Crippen molar-refractivity contribution in [1.29, 1.82) is 0 Å². The summed E-state index contributed by atoms with van der Waals surface area (Å²) < 4.78 is 2.21. The molecule has 234 valence electrons. The van der Waals surface area contributed by atoms with E-state index in [0.29, 0.717) is 22.3 Å². The fourth-order valence-corrected chi connectivity index (χ4v) is 8.79. The van der Waals surface area contributed by atoms with Crippen molar-refractivity contribution in [3.05, 3.63) is 44.2 Å². The summed E-state index contributed by atoms with van der Waals surface area (Å²) in [5.41, 5.74) is 1.34. The Morgan fingerprint density at radius 2 is 1.02 bits per heavy atom. The van der Waals surface area contributed by atoms with Crippen LogP contribution >= 0.6 is 0 Å². The largest absolute Gasteiger partial charge is 0.507 e. The maximum absolute atomic E-state index is 14.2. The molecule has 0 spiro atoms. The van der Waals surface area contributed by atoms with E-state index < -0.39 is 33.2 Å². The standard InChI is InChI=1S/C36H44N2O6/c1-33(2)9-13-37-14-10-34(3,4)22-25(37)21(33)29(41)19(30(22)42)17-27(39)18(28(17)40)20-31(43)23-26-24(32(20)44)36(7,8)12-16-38(26)15-11-35(23,5)6/h9-16H2,1-8H3,(H4,39,40,41,42,43,44)/p+1. The number of benzene rings is 2. The molecular weight excluding hydrogens is 556 g/mol. The summed E-state index contributed by atoms with van der Waals surface area (Å²) in [5, 5.41) is 59.8. The predicted octanol–water partition coefficient (Wildman–Crippen LogP) is 4.23. The molecule has 0 saturated heterocycles. The van der Waals surface area contributed by atoms with Crippen LogP contribution in [0.1, 0.15) is 109 Å². The minimum atomic E-state index is -0.629. The van der Waals surface area contributed by atoms with Crippen LogP contribution < -0.4 is 20.1 Å².